The third kappa shape index (κ3) is 5.97. The lowest BCUT2D eigenvalue weighted by Gasteiger charge is -2.40. The van der Waals surface area contributed by atoms with Gasteiger partial charge in [-0.1, -0.05) is 33.6 Å². The van der Waals surface area contributed by atoms with Crippen LogP contribution in [0.1, 0.15) is 66.5 Å². The Balaban J connectivity index is 1.80. The van der Waals surface area contributed by atoms with E-state index >= 15 is 0 Å². The molecule has 3 rings (SSSR count). The smallest absolute Gasteiger partial charge is 0.409 e. The molecule has 0 spiro atoms. The lowest BCUT2D eigenvalue weighted by Crippen LogP contribution is -2.51. The molecule has 13 nitrogen and oxygen atoms in total. The molecule has 6 atom stereocenters. The largest absolute Gasteiger partial charge is 0.480 e. The Hall–Kier alpha value is -2.15. The molecule has 2 aliphatic heterocycles. The van der Waals surface area contributed by atoms with Gasteiger partial charge in [-0.05, 0) is 32.8 Å². The molecule has 14 heteroatoms. The molecule has 37 heavy (non-hydrogen) atoms. The van der Waals surface area contributed by atoms with Gasteiger partial charge in [-0.2, -0.15) is 9.65 Å². The first-order valence-electron chi connectivity index (χ1n) is 12.6. The lowest BCUT2D eigenvalue weighted by atomic mass is 9.96. The second kappa shape index (κ2) is 11.7. The van der Waals surface area contributed by atoms with Crippen LogP contribution in [0.25, 0.3) is 0 Å². The SMILES string of the molecule is CCCC(CCC)C(=O)Nc1ccn([C@@H]2O[C@@H]3COP(=O)(N(CC)[C@@H](C)C(=O)O)O[C@H]3[C@@]2(C)O)c(=O)n1. The second-order valence-electron chi connectivity index (χ2n) is 9.58. The molecular formula is C23H37N4O9P. The van der Waals surface area contributed by atoms with Crippen molar-refractivity contribution >= 4 is 25.4 Å². The van der Waals surface area contributed by atoms with E-state index in [1.54, 1.807) is 6.92 Å². The maximum Gasteiger partial charge on any atom is 0.409 e. The van der Waals surface area contributed by atoms with E-state index in [0.29, 0.717) is 0 Å². The molecule has 208 valence electrons. The fraction of sp³-hybridized carbons (Fsp3) is 0.739. The molecule has 1 aromatic heterocycles. The van der Waals surface area contributed by atoms with Crippen molar-refractivity contribution in [2.75, 3.05) is 18.5 Å². The number of hydrogen-bond acceptors (Lipinski definition) is 9. The highest BCUT2D eigenvalue weighted by molar-refractivity contribution is 7.51. The number of rotatable bonds is 11. The molecule has 3 heterocycles. The van der Waals surface area contributed by atoms with Crippen LogP contribution in [-0.4, -0.2) is 73.3 Å². The Kier molecular flexibility index (Phi) is 9.31. The van der Waals surface area contributed by atoms with Crippen molar-refractivity contribution in [1.82, 2.24) is 14.2 Å². The maximum absolute atomic E-state index is 13.5. The number of carbonyl (C=O) groups is 2. The first kappa shape index (κ1) is 29.4. The van der Waals surface area contributed by atoms with Crippen molar-refractivity contribution < 1.29 is 38.2 Å². The predicted molar refractivity (Wildman–Crippen MR) is 133 cm³/mol. The number of fused-ring (bicyclic) bond motifs is 1. The number of amides is 1. The summed E-state index contributed by atoms with van der Waals surface area (Å²) in [5, 5.41) is 23.4. The van der Waals surface area contributed by atoms with Crippen LogP contribution in [0.3, 0.4) is 0 Å². The molecule has 1 aromatic rings. The molecule has 2 saturated heterocycles. The number of nitrogens with zero attached hydrogens (tertiary/aromatic N) is 3. The summed E-state index contributed by atoms with van der Waals surface area (Å²) in [4.78, 5) is 40.9. The van der Waals surface area contributed by atoms with E-state index in [1.165, 1.54) is 26.1 Å². The molecule has 2 fully saturated rings. The van der Waals surface area contributed by atoms with E-state index in [4.69, 9.17) is 13.8 Å². The predicted octanol–water partition coefficient (Wildman–Crippen LogP) is 2.37. The van der Waals surface area contributed by atoms with Crippen LogP contribution in [0.15, 0.2) is 17.1 Å². The van der Waals surface area contributed by atoms with Gasteiger partial charge in [-0.25, -0.2) is 9.36 Å². The van der Waals surface area contributed by atoms with Gasteiger partial charge in [-0.15, -0.1) is 0 Å². The Labute approximate surface area is 215 Å². The number of aliphatic carboxylic acids is 1. The van der Waals surface area contributed by atoms with Gasteiger partial charge in [0, 0.05) is 18.7 Å². The number of anilines is 1. The van der Waals surface area contributed by atoms with Crippen LogP contribution >= 0.6 is 7.75 Å². The summed E-state index contributed by atoms with van der Waals surface area (Å²) in [7, 11) is -4.10. The van der Waals surface area contributed by atoms with Gasteiger partial charge in [0.25, 0.3) is 0 Å². The molecule has 1 amide bonds. The molecule has 0 radical (unpaired) electrons. The number of nitrogens with one attached hydrogen (secondary N) is 1. The zero-order chi connectivity index (χ0) is 27.5. The summed E-state index contributed by atoms with van der Waals surface area (Å²) >= 11 is 0. The summed E-state index contributed by atoms with van der Waals surface area (Å²) in [6.07, 6.45) is 1.19. The van der Waals surface area contributed by atoms with Gasteiger partial charge < -0.3 is 20.3 Å². The van der Waals surface area contributed by atoms with E-state index in [0.717, 1.165) is 34.9 Å². The number of carboxylic acid groups (broad SMARTS) is 1. The number of aromatic nitrogens is 2. The summed E-state index contributed by atoms with van der Waals surface area (Å²) in [6, 6.07) is 0.268. The van der Waals surface area contributed by atoms with E-state index < -0.39 is 49.5 Å². The van der Waals surface area contributed by atoms with Gasteiger partial charge in [0.15, 0.2) is 6.23 Å². The van der Waals surface area contributed by atoms with E-state index in [2.05, 4.69) is 10.3 Å². The summed E-state index contributed by atoms with van der Waals surface area (Å²) < 4.78 is 32.6. The average molecular weight is 545 g/mol. The lowest BCUT2D eigenvalue weighted by molar-refractivity contribution is -0.142. The molecule has 0 aliphatic carbocycles. The van der Waals surface area contributed by atoms with Crippen molar-refractivity contribution in [1.29, 1.82) is 0 Å². The number of carboxylic acids is 1. The highest BCUT2D eigenvalue weighted by atomic mass is 31.2. The van der Waals surface area contributed by atoms with Gasteiger partial charge >= 0.3 is 19.4 Å². The minimum atomic E-state index is -4.10. The van der Waals surface area contributed by atoms with Gasteiger partial charge in [0.05, 0.1) is 6.61 Å². The zero-order valence-electron chi connectivity index (χ0n) is 21.8. The van der Waals surface area contributed by atoms with Crippen LogP contribution in [0.5, 0.6) is 0 Å². The topological polar surface area (TPSA) is 170 Å². The highest BCUT2D eigenvalue weighted by Crippen LogP contribution is 2.60. The first-order valence-corrected chi connectivity index (χ1v) is 14.1. The molecular weight excluding hydrogens is 507 g/mol. The van der Waals surface area contributed by atoms with Crippen LogP contribution in [0.4, 0.5) is 5.82 Å². The molecule has 0 saturated carbocycles. The van der Waals surface area contributed by atoms with Crippen molar-refractivity contribution in [3.05, 3.63) is 22.7 Å². The zero-order valence-corrected chi connectivity index (χ0v) is 22.7. The van der Waals surface area contributed by atoms with Crippen molar-refractivity contribution in [2.24, 2.45) is 5.92 Å². The Morgan fingerprint density at radius 1 is 1.32 bits per heavy atom. The monoisotopic (exact) mass is 544 g/mol. The van der Waals surface area contributed by atoms with Gasteiger partial charge in [0.1, 0.15) is 29.7 Å². The van der Waals surface area contributed by atoms with E-state index in [9.17, 15) is 29.2 Å². The Morgan fingerprint density at radius 2 is 1.97 bits per heavy atom. The first-order chi connectivity index (χ1) is 17.4. The third-order valence-corrected chi connectivity index (χ3v) is 9.02. The van der Waals surface area contributed by atoms with Crippen LogP contribution in [0.2, 0.25) is 0 Å². The Bertz CT molecular complexity index is 1090. The minimum absolute atomic E-state index is 0.0580. The third-order valence-electron chi connectivity index (χ3n) is 6.79. The van der Waals surface area contributed by atoms with Crippen molar-refractivity contribution in [3.63, 3.8) is 0 Å². The summed E-state index contributed by atoms with van der Waals surface area (Å²) in [6.45, 7) is 8.15. The number of hydrogen-bond donors (Lipinski definition) is 3. The molecule has 1 unspecified atom stereocenters. The summed E-state index contributed by atoms with van der Waals surface area (Å²) in [5.41, 5.74) is -2.62. The summed E-state index contributed by atoms with van der Waals surface area (Å²) in [5.74, 6) is -1.51. The second-order valence-corrected chi connectivity index (χ2v) is 11.5. The highest BCUT2D eigenvalue weighted by Gasteiger charge is 2.61. The van der Waals surface area contributed by atoms with Crippen LogP contribution in [-0.2, 0) is 27.9 Å². The fourth-order valence-corrected chi connectivity index (χ4v) is 6.97. The van der Waals surface area contributed by atoms with Crippen LogP contribution in [0, 0.1) is 5.92 Å². The molecule has 0 aromatic carbocycles. The number of aliphatic hydroxyl groups is 1. The van der Waals surface area contributed by atoms with Gasteiger partial charge in [-0.3, -0.25) is 23.2 Å². The molecule has 3 N–H and O–H groups in total. The number of ether oxygens (including phenoxy) is 1. The average Bonchev–Trinajstić information content (AvgIpc) is 3.08. The van der Waals surface area contributed by atoms with E-state index in [-0.39, 0.29) is 30.8 Å². The van der Waals surface area contributed by atoms with Gasteiger partial charge in [0.2, 0.25) is 5.91 Å². The standard InChI is InChI=1S/C23H37N4O9P/c1-6-9-15(10-7-2)19(28)24-17-11-12-26(22(31)25-17)21-23(5,32)18-16(35-21)13-34-37(33,36-18)27(8-3)14(4)20(29)30/h11-12,14-16,18,21,32H,6-10,13H2,1-5H3,(H,29,30)(H,24,25,28,31)/t14-,16+,18+,21+,23+,37?/m0/s1. The normalized spacial score (nSPS) is 30.3. The van der Waals surface area contributed by atoms with Crippen molar-refractivity contribution in [3.8, 4) is 0 Å². The number of likely N-dealkylation sites (N-methyl/N-ethyl adjacent to an activating group) is 1. The Morgan fingerprint density at radius 3 is 2.51 bits per heavy atom. The fourth-order valence-electron chi connectivity index (χ4n) is 4.80. The minimum Gasteiger partial charge on any atom is -0.480 e. The quantitative estimate of drug-likeness (QED) is 0.350. The molecule has 2 aliphatic rings. The van der Waals surface area contributed by atoms with Crippen LogP contribution < -0.4 is 11.0 Å². The van der Waals surface area contributed by atoms with E-state index in [1.807, 2.05) is 13.8 Å². The molecule has 0 bridgehead atoms. The number of carbonyl (C=O) groups excluding carboxylic acids is 1. The van der Waals surface area contributed by atoms with Crippen molar-refractivity contribution in [2.45, 2.75) is 90.4 Å². The maximum atomic E-state index is 13.5.